The Labute approximate surface area is 114 Å². The first-order chi connectivity index (χ1) is 8.80. The number of sulfonamides is 1. The molecular weight excluding hydrogens is 286 g/mol. The third-order valence-electron chi connectivity index (χ3n) is 3.26. The Morgan fingerprint density at radius 1 is 1.16 bits per heavy atom. The average molecular weight is 303 g/mol. The third kappa shape index (κ3) is 3.55. The molecule has 0 saturated carbocycles. The zero-order valence-corrected chi connectivity index (χ0v) is 12.3. The number of nitrogens with one attached hydrogen (secondary N) is 1. The van der Waals surface area contributed by atoms with Gasteiger partial charge in [0.15, 0.2) is 0 Å². The molecule has 1 aliphatic rings. The van der Waals surface area contributed by atoms with E-state index in [0.29, 0.717) is 18.4 Å². The Kier molecular flexibility index (Phi) is 3.98. The van der Waals surface area contributed by atoms with Crippen LogP contribution in [0.1, 0.15) is 18.4 Å². The van der Waals surface area contributed by atoms with Gasteiger partial charge in [-0.05, 0) is 31.4 Å². The van der Waals surface area contributed by atoms with Gasteiger partial charge in [-0.25, -0.2) is 21.6 Å². The number of sulfone groups is 1. The van der Waals surface area contributed by atoms with E-state index in [9.17, 15) is 16.8 Å². The van der Waals surface area contributed by atoms with E-state index in [2.05, 4.69) is 4.72 Å². The van der Waals surface area contributed by atoms with Crippen molar-refractivity contribution >= 4 is 19.9 Å². The van der Waals surface area contributed by atoms with Crippen LogP contribution < -0.4 is 4.72 Å². The van der Waals surface area contributed by atoms with E-state index in [1.165, 1.54) is 0 Å². The van der Waals surface area contributed by atoms with E-state index in [1.807, 2.05) is 0 Å². The number of hydrogen-bond donors (Lipinski definition) is 1. The highest BCUT2D eigenvalue weighted by molar-refractivity contribution is 7.91. The van der Waals surface area contributed by atoms with Crippen LogP contribution in [0.4, 0.5) is 0 Å². The molecule has 7 heteroatoms. The minimum Gasteiger partial charge on any atom is -0.229 e. The zero-order valence-electron chi connectivity index (χ0n) is 10.7. The van der Waals surface area contributed by atoms with Crippen LogP contribution in [-0.4, -0.2) is 34.4 Å². The molecule has 5 nitrogen and oxygen atoms in total. The average Bonchev–Trinajstić information content (AvgIpc) is 2.32. The molecular formula is C12H17NO4S2. The highest BCUT2D eigenvalue weighted by Gasteiger charge is 2.27. The lowest BCUT2D eigenvalue weighted by atomic mass is 10.2. The predicted molar refractivity (Wildman–Crippen MR) is 73.2 cm³/mol. The zero-order chi connectivity index (χ0) is 14.1. The van der Waals surface area contributed by atoms with Crippen LogP contribution in [0.2, 0.25) is 0 Å². The molecule has 1 aliphatic heterocycles. The second-order valence-corrected chi connectivity index (χ2v) is 8.80. The van der Waals surface area contributed by atoms with Crippen LogP contribution in [0.3, 0.4) is 0 Å². The van der Waals surface area contributed by atoms with Gasteiger partial charge in [0.05, 0.1) is 16.4 Å². The standard InChI is InChI=1S/C12H17NO4S2/c1-10-4-2-3-5-12(10)19(16,17)13-11-6-8-18(14,15)9-7-11/h2-5,11,13H,6-9H2,1H3. The summed E-state index contributed by atoms with van der Waals surface area (Å²) in [6.45, 7) is 1.74. The van der Waals surface area contributed by atoms with E-state index in [-0.39, 0.29) is 22.4 Å². The van der Waals surface area contributed by atoms with Crippen molar-refractivity contribution in [2.24, 2.45) is 0 Å². The molecule has 0 radical (unpaired) electrons. The van der Waals surface area contributed by atoms with Gasteiger partial charge in [-0.1, -0.05) is 18.2 Å². The predicted octanol–water partition coefficient (Wildman–Crippen LogP) is 0.851. The molecule has 1 heterocycles. The van der Waals surface area contributed by atoms with E-state index in [4.69, 9.17) is 0 Å². The summed E-state index contributed by atoms with van der Waals surface area (Å²) in [7, 11) is -6.55. The summed E-state index contributed by atoms with van der Waals surface area (Å²) in [4.78, 5) is 0.253. The molecule has 1 saturated heterocycles. The quantitative estimate of drug-likeness (QED) is 0.897. The highest BCUT2D eigenvalue weighted by atomic mass is 32.2. The summed E-state index contributed by atoms with van der Waals surface area (Å²) in [6.07, 6.45) is 0.681. The van der Waals surface area contributed by atoms with Crippen LogP contribution in [-0.2, 0) is 19.9 Å². The first-order valence-corrected chi connectivity index (χ1v) is 9.39. The molecule has 19 heavy (non-hydrogen) atoms. The highest BCUT2D eigenvalue weighted by Crippen LogP contribution is 2.18. The van der Waals surface area contributed by atoms with Crippen molar-refractivity contribution in [2.75, 3.05) is 11.5 Å². The summed E-state index contributed by atoms with van der Waals surface area (Å²) in [5.41, 5.74) is 0.679. The number of benzene rings is 1. The molecule has 0 unspecified atom stereocenters. The normalized spacial score (nSPS) is 20.3. The Morgan fingerprint density at radius 2 is 1.74 bits per heavy atom. The maximum absolute atomic E-state index is 12.2. The molecule has 0 amide bonds. The van der Waals surface area contributed by atoms with Crippen molar-refractivity contribution in [1.29, 1.82) is 0 Å². The molecule has 106 valence electrons. The van der Waals surface area contributed by atoms with E-state index < -0.39 is 19.9 Å². The summed E-state index contributed by atoms with van der Waals surface area (Å²) < 4.78 is 49.7. The summed E-state index contributed by atoms with van der Waals surface area (Å²) in [5, 5.41) is 0. The molecule has 1 aromatic rings. The van der Waals surface area contributed by atoms with Crippen molar-refractivity contribution in [3.8, 4) is 0 Å². The van der Waals surface area contributed by atoms with Crippen molar-refractivity contribution in [3.63, 3.8) is 0 Å². The van der Waals surface area contributed by atoms with Gasteiger partial charge < -0.3 is 0 Å². The second-order valence-electron chi connectivity index (χ2n) is 4.81. The number of rotatable bonds is 3. The molecule has 2 rings (SSSR count). The molecule has 0 aliphatic carbocycles. The van der Waals surface area contributed by atoms with Crippen LogP contribution in [0.25, 0.3) is 0 Å². The lowest BCUT2D eigenvalue weighted by Gasteiger charge is -2.23. The minimum absolute atomic E-state index is 0.0496. The fourth-order valence-corrected chi connectivity index (χ4v) is 5.19. The minimum atomic E-state index is -3.57. The van der Waals surface area contributed by atoms with Crippen molar-refractivity contribution in [2.45, 2.75) is 30.7 Å². The molecule has 1 N–H and O–H groups in total. The Hall–Kier alpha value is -0.920. The molecule has 0 atom stereocenters. The van der Waals surface area contributed by atoms with Gasteiger partial charge in [-0.2, -0.15) is 0 Å². The molecule has 1 aromatic carbocycles. The Bertz CT molecular complexity index is 651. The summed E-state index contributed by atoms with van der Waals surface area (Å²) in [6, 6.07) is 6.44. The van der Waals surface area contributed by atoms with Crippen LogP contribution in [0.5, 0.6) is 0 Å². The van der Waals surface area contributed by atoms with Crippen molar-refractivity contribution in [1.82, 2.24) is 4.72 Å². The number of aryl methyl sites for hydroxylation is 1. The van der Waals surface area contributed by atoms with Gasteiger partial charge in [-0.15, -0.1) is 0 Å². The summed E-state index contributed by atoms with van der Waals surface area (Å²) >= 11 is 0. The van der Waals surface area contributed by atoms with Crippen LogP contribution in [0.15, 0.2) is 29.2 Å². The lowest BCUT2D eigenvalue weighted by Crippen LogP contribution is -2.40. The maximum Gasteiger partial charge on any atom is 0.241 e. The first-order valence-electron chi connectivity index (χ1n) is 6.08. The SMILES string of the molecule is Cc1ccccc1S(=O)(=O)NC1CCS(=O)(=O)CC1. The van der Waals surface area contributed by atoms with E-state index in [0.717, 1.165) is 0 Å². The van der Waals surface area contributed by atoms with Gasteiger partial charge in [0.25, 0.3) is 0 Å². The van der Waals surface area contributed by atoms with Gasteiger partial charge in [0, 0.05) is 6.04 Å². The van der Waals surface area contributed by atoms with Gasteiger partial charge in [0.1, 0.15) is 9.84 Å². The third-order valence-corrected chi connectivity index (χ3v) is 6.66. The maximum atomic E-state index is 12.2. The topological polar surface area (TPSA) is 80.3 Å². The van der Waals surface area contributed by atoms with Gasteiger partial charge >= 0.3 is 0 Å². The molecule has 0 bridgehead atoms. The van der Waals surface area contributed by atoms with Crippen molar-refractivity contribution in [3.05, 3.63) is 29.8 Å². The number of hydrogen-bond acceptors (Lipinski definition) is 4. The van der Waals surface area contributed by atoms with Crippen LogP contribution >= 0.6 is 0 Å². The fourth-order valence-electron chi connectivity index (χ4n) is 2.15. The fraction of sp³-hybridized carbons (Fsp3) is 0.500. The first kappa shape index (κ1) is 14.5. The Morgan fingerprint density at radius 3 is 2.32 bits per heavy atom. The van der Waals surface area contributed by atoms with Crippen molar-refractivity contribution < 1.29 is 16.8 Å². The Balaban J connectivity index is 2.13. The largest absolute Gasteiger partial charge is 0.241 e. The smallest absolute Gasteiger partial charge is 0.229 e. The molecule has 0 spiro atoms. The molecule has 1 fully saturated rings. The second kappa shape index (κ2) is 5.22. The van der Waals surface area contributed by atoms with Gasteiger partial charge in [0.2, 0.25) is 10.0 Å². The molecule has 0 aromatic heterocycles. The van der Waals surface area contributed by atoms with E-state index >= 15 is 0 Å². The van der Waals surface area contributed by atoms with Gasteiger partial charge in [-0.3, -0.25) is 0 Å². The monoisotopic (exact) mass is 303 g/mol. The van der Waals surface area contributed by atoms with E-state index in [1.54, 1.807) is 31.2 Å². The van der Waals surface area contributed by atoms with Crippen LogP contribution in [0, 0.1) is 6.92 Å². The summed E-state index contributed by atoms with van der Waals surface area (Å²) in [5.74, 6) is 0.0991. The lowest BCUT2D eigenvalue weighted by molar-refractivity contribution is 0.505.